The lowest BCUT2D eigenvalue weighted by Gasteiger charge is -2.46. The van der Waals surface area contributed by atoms with Crippen molar-refractivity contribution < 1.29 is 14.6 Å². The van der Waals surface area contributed by atoms with Crippen LogP contribution in [0.15, 0.2) is 30.3 Å². The number of aliphatic hydroxyl groups excluding tert-OH is 1. The average molecular weight is 332 g/mol. The Labute approximate surface area is 144 Å². The molecular weight excluding hydrogens is 304 g/mol. The van der Waals surface area contributed by atoms with Gasteiger partial charge in [0.05, 0.1) is 18.8 Å². The van der Waals surface area contributed by atoms with E-state index in [2.05, 4.69) is 30.9 Å². The van der Waals surface area contributed by atoms with Crippen molar-refractivity contribution in [1.29, 1.82) is 0 Å². The molecule has 5 heteroatoms. The predicted molar refractivity (Wildman–Crippen MR) is 92.6 cm³/mol. The Morgan fingerprint density at radius 3 is 2.71 bits per heavy atom. The van der Waals surface area contributed by atoms with E-state index in [-0.39, 0.29) is 17.6 Å². The molecule has 0 radical (unpaired) electrons. The predicted octanol–water partition coefficient (Wildman–Crippen LogP) is 1.82. The third-order valence-corrected chi connectivity index (χ3v) is 5.09. The van der Waals surface area contributed by atoms with E-state index in [1.807, 2.05) is 18.2 Å². The van der Waals surface area contributed by atoms with Gasteiger partial charge in [0.2, 0.25) is 5.91 Å². The maximum Gasteiger partial charge on any atom is 0.222 e. The zero-order chi connectivity index (χ0) is 17.2. The molecule has 0 spiro atoms. The van der Waals surface area contributed by atoms with Crippen molar-refractivity contribution in [3.8, 4) is 0 Å². The Hall–Kier alpha value is -1.43. The summed E-state index contributed by atoms with van der Waals surface area (Å²) in [6.07, 6.45) is 1.02. The number of aliphatic hydroxyl groups is 1. The number of hydrogen-bond acceptors (Lipinski definition) is 4. The van der Waals surface area contributed by atoms with E-state index in [1.54, 1.807) is 4.90 Å². The molecule has 3 rings (SSSR count). The van der Waals surface area contributed by atoms with Crippen molar-refractivity contribution in [3.05, 3.63) is 35.9 Å². The first-order chi connectivity index (χ1) is 11.5. The van der Waals surface area contributed by atoms with E-state index in [9.17, 15) is 9.90 Å². The number of morpholine rings is 1. The quantitative estimate of drug-likeness (QED) is 0.894. The summed E-state index contributed by atoms with van der Waals surface area (Å²) in [7, 11) is 0. The van der Waals surface area contributed by atoms with Crippen LogP contribution in [-0.4, -0.2) is 65.2 Å². The van der Waals surface area contributed by atoms with Crippen molar-refractivity contribution in [2.24, 2.45) is 0 Å². The largest absolute Gasteiger partial charge is 0.390 e. The summed E-state index contributed by atoms with van der Waals surface area (Å²) in [5.41, 5.74) is 1.04. The van der Waals surface area contributed by atoms with Gasteiger partial charge in [-0.25, -0.2) is 0 Å². The molecule has 1 N–H and O–H groups in total. The molecule has 0 aliphatic carbocycles. The normalized spacial score (nSPS) is 25.9. The summed E-state index contributed by atoms with van der Waals surface area (Å²) in [5.74, 6) is 0.164. The maximum absolute atomic E-state index is 11.7. The summed E-state index contributed by atoms with van der Waals surface area (Å²) in [4.78, 5) is 15.8. The molecule has 2 unspecified atom stereocenters. The third-order valence-electron chi connectivity index (χ3n) is 5.09. The highest BCUT2D eigenvalue weighted by molar-refractivity contribution is 5.78. The van der Waals surface area contributed by atoms with Crippen LogP contribution in [0.3, 0.4) is 0 Å². The van der Waals surface area contributed by atoms with Crippen LogP contribution in [0.5, 0.6) is 0 Å². The number of carbonyl (C=O) groups excluding carboxylic acids is 1. The Morgan fingerprint density at radius 2 is 2.04 bits per heavy atom. The summed E-state index contributed by atoms with van der Waals surface area (Å²) in [5, 5.41) is 10.5. The molecule has 0 aromatic heterocycles. The minimum Gasteiger partial charge on any atom is -0.390 e. The summed E-state index contributed by atoms with van der Waals surface area (Å²) < 4.78 is 6.05. The van der Waals surface area contributed by atoms with Gasteiger partial charge in [-0.3, -0.25) is 9.69 Å². The Balaban J connectivity index is 1.62. The van der Waals surface area contributed by atoms with Gasteiger partial charge in [-0.05, 0) is 25.8 Å². The van der Waals surface area contributed by atoms with Gasteiger partial charge in [-0.1, -0.05) is 30.3 Å². The molecule has 0 bridgehead atoms. The molecule has 2 aliphatic rings. The van der Waals surface area contributed by atoms with E-state index in [1.165, 1.54) is 5.56 Å². The molecule has 1 amide bonds. The van der Waals surface area contributed by atoms with E-state index >= 15 is 0 Å². The van der Waals surface area contributed by atoms with E-state index in [0.717, 1.165) is 19.5 Å². The molecule has 1 aromatic carbocycles. The molecule has 5 nitrogen and oxygen atoms in total. The first kappa shape index (κ1) is 17.4. The number of ether oxygens (including phenoxy) is 1. The Morgan fingerprint density at radius 1 is 1.29 bits per heavy atom. The number of hydrogen-bond donors (Lipinski definition) is 1. The number of nitrogens with zero attached hydrogens (tertiary/aromatic N) is 2. The van der Waals surface area contributed by atoms with Crippen LogP contribution in [0, 0.1) is 0 Å². The topological polar surface area (TPSA) is 53.0 Å². The van der Waals surface area contributed by atoms with Crippen LogP contribution in [0.25, 0.3) is 0 Å². The zero-order valence-corrected chi connectivity index (χ0v) is 14.6. The van der Waals surface area contributed by atoms with Crippen molar-refractivity contribution in [2.45, 2.75) is 44.4 Å². The second-order valence-electron chi connectivity index (χ2n) is 7.52. The molecule has 2 aliphatic heterocycles. The van der Waals surface area contributed by atoms with Crippen LogP contribution in [0.2, 0.25) is 0 Å². The zero-order valence-electron chi connectivity index (χ0n) is 14.6. The van der Waals surface area contributed by atoms with E-state index in [0.29, 0.717) is 26.1 Å². The van der Waals surface area contributed by atoms with E-state index < -0.39 is 6.10 Å². The fourth-order valence-electron chi connectivity index (χ4n) is 3.55. The second-order valence-corrected chi connectivity index (χ2v) is 7.52. The van der Waals surface area contributed by atoms with Crippen LogP contribution in [0.1, 0.15) is 38.4 Å². The lowest BCUT2D eigenvalue weighted by Crippen LogP contribution is -2.56. The van der Waals surface area contributed by atoms with E-state index in [4.69, 9.17) is 4.74 Å². The first-order valence-corrected chi connectivity index (χ1v) is 8.83. The number of amides is 1. The molecule has 2 heterocycles. The number of likely N-dealkylation sites (tertiary alicyclic amines) is 1. The lowest BCUT2D eigenvalue weighted by molar-refractivity contribution is -0.131. The fraction of sp³-hybridized carbons (Fsp3) is 0.632. The van der Waals surface area contributed by atoms with Crippen LogP contribution < -0.4 is 0 Å². The molecule has 2 atom stereocenters. The smallest absolute Gasteiger partial charge is 0.222 e. The first-order valence-electron chi connectivity index (χ1n) is 8.83. The van der Waals surface area contributed by atoms with Crippen molar-refractivity contribution >= 4 is 5.91 Å². The van der Waals surface area contributed by atoms with Gasteiger partial charge in [-0.15, -0.1) is 0 Å². The molecular formula is C19H28N2O3. The summed E-state index contributed by atoms with van der Waals surface area (Å²) in [6.45, 7) is 7.43. The lowest BCUT2D eigenvalue weighted by atomic mass is 9.97. The Kier molecular flexibility index (Phi) is 5.23. The second kappa shape index (κ2) is 7.21. The minimum absolute atomic E-state index is 0.0276. The van der Waals surface area contributed by atoms with Crippen LogP contribution >= 0.6 is 0 Å². The Bertz CT molecular complexity index is 561. The fourth-order valence-corrected chi connectivity index (χ4v) is 3.55. The highest BCUT2D eigenvalue weighted by Gasteiger charge is 2.37. The highest BCUT2D eigenvalue weighted by Crippen LogP contribution is 2.30. The van der Waals surface area contributed by atoms with Crippen LogP contribution in [0.4, 0.5) is 0 Å². The van der Waals surface area contributed by atoms with Crippen molar-refractivity contribution in [2.75, 3.05) is 32.8 Å². The van der Waals surface area contributed by atoms with Gasteiger partial charge < -0.3 is 14.7 Å². The SMILES string of the molecule is CC1(C)COC(c2ccccc2)CN1CC(O)CN1CCCC1=O. The molecule has 132 valence electrons. The van der Waals surface area contributed by atoms with Gasteiger partial charge >= 0.3 is 0 Å². The van der Waals surface area contributed by atoms with Gasteiger partial charge in [0.1, 0.15) is 0 Å². The number of β-amino-alcohol motifs (C(OH)–C–C–N with tert-alkyl or cyclic N) is 1. The minimum atomic E-state index is -0.527. The van der Waals surface area contributed by atoms with Crippen molar-refractivity contribution in [1.82, 2.24) is 9.80 Å². The number of benzene rings is 1. The molecule has 2 saturated heterocycles. The summed E-state index contributed by atoms with van der Waals surface area (Å²) >= 11 is 0. The number of carbonyl (C=O) groups is 1. The monoisotopic (exact) mass is 332 g/mol. The number of rotatable bonds is 5. The third kappa shape index (κ3) is 3.97. The van der Waals surface area contributed by atoms with Crippen molar-refractivity contribution in [3.63, 3.8) is 0 Å². The molecule has 2 fully saturated rings. The standard InChI is InChI=1S/C19H28N2O3/c1-19(2)14-24-17(15-7-4-3-5-8-15)13-21(19)12-16(22)11-20-10-6-9-18(20)23/h3-5,7-8,16-17,22H,6,9-14H2,1-2H3. The van der Waals surface area contributed by atoms with Gasteiger partial charge in [0, 0.05) is 38.1 Å². The highest BCUT2D eigenvalue weighted by atomic mass is 16.5. The maximum atomic E-state index is 11.7. The molecule has 24 heavy (non-hydrogen) atoms. The van der Waals surface area contributed by atoms with Gasteiger partial charge in [0.15, 0.2) is 0 Å². The van der Waals surface area contributed by atoms with Gasteiger partial charge in [-0.2, -0.15) is 0 Å². The van der Waals surface area contributed by atoms with Gasteiger partial charge in [0.25, 0.3) is 0 Å². The summed E-state index contributed by atoms with van der Waals surface area (Å²) in [6, 6.07) is 10.2. The van der Waals surface area contributed by atoms with Crippen LogP contribution in [-0.2, 0) is 9.53 Å². The average Bonchev–Trinajstić information content (AvgIpc) is 2.95. The molecule has 1 aromatic rings. The molecule has 0 saturated carbocycles.